The van der Waals surface area contributed by atoms with E-state index in [1.165, 1.54) is 0 Å². The van der Waals surface area contributed by atoms with E-state index in [1.807, 2.05) is 0 Å². The summed E-state index contributed by atoms with van der Waals surface area (Å²) in [4.78, 5) is 20.4. The predicted molar refractivity (Wildman–Crippen MR) is 45.0 cm³/mol. The number of hydrogen-bond donors (Lipinski definition) is 1. The zero-order chi connectivity index (χ0) is 9.78. The van der Waals surface area contributed by atoms with Crippen LogP contribution in [0.2, 0.25) is 0 Å². The molecule has 0 heterocycles. The van der Waals surface area contributed by atoms with Crippen LogP contribution in [0.25, 0.3) is 0 Å². The van der Waals surface area contributed by atoms with Crippen LogP contribution in [0.4, 0.5) is 0 Å². The Morgan fingerprint density at radius 3 is 2.08 bits per heavy atom. The van der Waals surface area contributed by atoms with Crippen molar-refractivity contribution in [1.29, 1.82) is 0 Å². The van der Waals surface area contributed by atoms with Crippen LogP contribution in [0.15, 0.2) is 0 Å². The zero-order valence-corrected chi connectivity index (χ0v) is 7.13. The van der Waals surface area contributed by atoms with Gasteiger partial charge in [-0.3, -0.25) is 9.59 Å². The molecule has 0 unspecified atom stereocenters. The molecule has 0 aliphatic rings. The molecule has 0 atom stereocenters. The van der Waals surface area contributed by atoms with Crippen molar-refractivity contribution in [3.05, 3.63) is 0 Å². The van der Waals surface area contributed by atoms with Crippen molar-refractivity contribution in [2.45, 2.75) is 12.8 Å². The van der Waals surface area contributed by atoms with Gasteiger partial charge in [0, 0.05) is 0 Å². The first-order valence-electron chi connectivity index (χ1n) is 2.95. The summed E-state index contributed by atoms with van der Waals surface area (Å²) in [5.74, 6) is -2.24. The van der Waals surface area contributed by atoms with Crippen LogP contribution in [0, 0.1) is 0 Å². The van der Waals surface area contributed by atoms with Gasteiger partial charge in [0.05, 0.1) is 19.1 Å². The van der Waals surface area contributed by atoms with Crippen LogP contribution < -0.4 is 0 Å². The van der Waals surface area contributed by atoms with Crippen LogP contribution in [-0.4, -0.2) is 61.3 Å². The molecule has 0 fully saturated rings. The van der Waals surface area contributed by atoms with E-state index in [-0.39, 0.29) is 29.6 Å². The van der Waals surface area contributed by atoms with Crippen LogP contribution >= 0.6 is 0 Å². The molecule has 8 heteroatoms. The normalized spacial score (nSPS) is 9.92. The van der Waals surface area contributed by atoms with Gasteiger partial charge in [-0.05, 0) is 0 Å². The van der Waals surface area contributed by atoms with Crippen LogP contribution in [0.5, 0.6) is 0 Å². The molecule has 6 nitrogen and oxygen atoms in total. The van der Waals surface area contributed by atoms with E-state index in [1.54, 1.807) is 0 Å². The summed E-state index contributed by atoms with van der Waals surface area (Å²) in [6.45, 7) is 0. The van der Waals surface area contributed by atoms with E-state index in [2.05, 4.69) is 4.18 Å². The minimum atomic E-state index is -3.81. The summed E-state index contributed by atoms with van der Waals surface area (Å²) in [6, 6.07) is 0. The number of rotatable bonds is 4. The summed E-state index contributed by atoms with van der Waals surface area (Å²) in [6.07, 6.45) is -0.164. The van der Waals surface area contributed by atoms with E-state index in [0.29, 0.717) is 6.26 Å². The molecular weight excluding hydrogens is 211 g/mol. The van der Waals surface area contributed by atoms with E-state index < -0.39 is 34.9 Å². The standard InChI is InChI=1S/C5H8O6S.Na.H/c1-12(9,10)11-5(8)3-2-4(6)7;;/h2-3H2,1H3,(H,6,7);;. The van der Waals surface area contributed by atoms with Gasteiger partial charge in [-0.25, -0.2) is 0 Å². The summed E-state index contributed by atoms with van der Waals surface area (Å²) in [5.41, 5.74) is 0. The third kappa shape index (κ3) is 11.9. The van der Waals surface area contributed by atoms with Gasteiger partial charge in [0.15, 0.2) is 0 Å². The molecule has 0 rings (SSSR count). The Balaban J connectivity index is 0. The van der Waals surface area contributed by atoms with Gasteiger partial charge >= 0.3 is 51.6 Å². The SMILES string of the molecule is CS(=O)(=O)OC(=O)CCC(=O)O.[NaH]. The Bertz CT molecular complexity index is 281. The molecule has 0 aromatic heterocycles. The molecule has 0 aliphatic carbocycles. The molecule has 13 heavy (non-hydrogen) atoms. The molecule has 0 bridgehead atoms. The van der Waals surface area contributed by atoms with Gasteiger partial charge in [-0.1, -0.05) is 0 Å². The summed E-state index contributed by atoms with van der Waals surface area (Å²) in [7, 11) is -3.81. The first-order chi connectivity index (χ1) is 5.31. The summed E-state index contributed by atoms with van der Waals surface area (Å²) in [5, 5.41) is 8.10. The minimum absolute atomic E-state index is 0. The average molecular weight is 220 g/mol. The Kier molecular flexibility index (Phi) is 7.52. The van der Waals surface area contributed by atoms with Crippen molar-refractivity contribution in [2.24, 2.45) is 0 Å². The van der Waals surface area contributed by atoms with Crippen molar-refractivity contribution in [2.75, 3.05) is 6.26 Å². The first kappa shape index (κ1) is 15.4. The molecule has 0 saturated carbocycles. The summed E-state index contributed by atoms with van der Waals surface area (Å²) < 4.78 is 24.4. The van der Waals surface area contributed by atoms with E-state index in [4.69, 9.17) is 5.11 Å². The van der Waals surface area contributed by atoms with Gasteiger partial charge in [0.1, 0.15) is 0 Å². The molecular formula is C5H9NaO6S. The monoisotopic (exact) mass is 220 g/mol. The predicted octanol–water partition coefficient (Wildman–Crippen LogP) is -1.29. The molecule has 0 radical (unpaired) electrons. The van der Waals surface area contributed by atoms with Gasteiger partial charge in [-0.2, -0.15) is 8.42 Å². The fourth-order valence-electron chi connectivity index (χ4n) is 0.419. The molecule has 0 aromatic carbocycles. The third-order valence-corrected chi connectivity index (χ3v) is 1.28. The van der Waals surface area contributed by atoms with Crippen molar-refractivity contribution in [1.82, 2.24) is 0 Å². The Morgan fingerprint density at radius 2 is 1.77 bits per heavy atom. The first-order valence-corrected chi connectivity index (χ1v) is 4.77. The quantitative estimate of drug-likeness (QED) is 0.467. The summed E-state index contributed by atoms with van der Waals surface area (Å²) >= 11 is 0. The fraction of sp³-hybridized carbons (Fsp3) is 0.600. The Hall–Kier alpha value is -0.110. The molecule has 72 valence electrons. The maximum atomic E-state index is 10.5. The number of carboxylic acid groups (broad SMARTS) is 1. The molecule has 0 aromatic rings. The molecule has 0 spiro atoms. The van der Waals surface area contributed by atoms with Crippen molar-refractivity contribution >= 4 is 51.6 Å². The van der Waals surface area contributed by atoms with Gasteiger partial charge in [-0.15, -0.1) is 0 Å². The number of carbonyl (C=O) groups excluding carboxylic acids is 1. The molecule has 0 amide bonds. The molecule has 1 N–H and O–H groups in total. The molecule has 0 aliphatic heterocycles. The number of carbonyl (C=O) groups is 2. The van der Waals surface area contributed by atoms with Crippen LogP contribution in [0.3, 0.4) is 0 Å². The number of carboxylic acids is 1. The zero-order valence-electron chi connectivity index (χ0n) is 6.31. The van der Waals surface area contributed by atoms with Crippen molar-refractivity contribution in [3.8, 4) is 0 Å². The molecule has 0 saturated heterocycles. The fourth-order valence-corrected chi connectivity index (χ4v) is 0.841. The van der Waals surface area contributed by atoms with Crippen LogP contribution in [-0.2, 0) is 23.9 Å². The van der Waals surface area contributed by atoms with Crippen molar-refractivity contribution < 1.29 is 27.3 Å². The van der Waals surface area contributed by atoms with Gasteiger partial charge in [0.2, 0.25) is 0 Å². The van der Waals surface area contributed by atoms with E-state index in [0.717, 1.165) is 0 Å². The van der Waals surface area contributed by atoms with Crippen molar-refractivity contribution in [3.63, 3.8) is 0 Å². The second kappa shape index (κ2) is 6.36. The van der Waals surface area contributed by atoms with E-state index >= 15 is 0 Å². The Morgan fingerprint density at radius 1 is 1.31 bits per heavy atom. The topological polar surface area (TPSA) is 97.7 Å². The third-order valence-electron chi connectivity index (χ3n) is 0.787. The maximum absolute atomic E-state index is 10.5. The van der Waals surface area contributed by atoms with Gasteiger partial charge in [0.25, 0.3) is 0 Å². The second-order valence-corrected chi connectivity index (χ2v) is 3.63. The Labute approximate surface area is 97.7 Å². The van der Waals surface area contributed by atoms with Gasteiger partial charge < -0.3 is 9.29 Å². The second-order valence-electron chi connectivity index (χ2n) is 2.05. The average Bonchev–Trinajstić information content (AvgIpc) is 1.79. The van der Waals surface area contributed by atoms with E-state index in [9.17, 15) is 18.0 Å². The van der Waals surface area contributed by atoms with Crippen LogP contribution in [0.1, 0.15) is 12.8 Å². The number of aliphatic carboxylic acids is 1. The number of hydrogen-bond acceptors (Lipinski definition) is 5.